The Morgan fingerprint density at radius 2 is 2.07 bits per heavy atom. The van der Waals surface area contributed by atoms with Gasteiger partial charge in [-0.25, -0.2) is 0 Å². The van der Waals surface area contributed by atoms with Crippen LogP contribution in [0, 0.1) is 0 Å². The summed E-state index contributed by atoms with van der Waals surface area (Å²) < 4.78 is 0.980. The minimum absolute atomic E-state index is 0.134. The molecule has 0 aliphatic rings. The number of hydroxylamine groups is 1. The number of carbonyl (C=O) groups excluding carboxylic acids is 1. The van der Waals surface area contributed by atoms with Crippen LogP contribution in [0.5, 0.6) is 0 Å². The standard InChI is InChI=1S/C10H13BrN2O2/c1-2-15-12-7-10(14)13-9-5-3-8(11)4-6-9/h3-6,12H,2,7H2,1H3,(H,13,14). The van der Waals surface area contributed by atoms with Crippen LogP contribution in [0.25, 0.3) is 0 Å². The number of hydrogen-bond acceptors (Lipinski definition) is 3. The average Bonchev–Trinajstić information content (AvgIpc) is 2.22. The van der Waals surface area contributed by atoms with Gasteiger partial charge in [0.2, 0.25) is 5.91 Å². The van der Waals surface area contributed by atoms with E-state index in [-0.39, 0.29) is 12.5 Å². The maximum absolute atomic E-state index is 11.3. The Labute approximate surface area is 97.1 Å². The van der Waals surface area contributed by atoms with Crippen LogP contribution in [0.3, 0.4) is 0 Å². The van der Waals surface area contributed by atoms with E-state index in [2.05, 4.69) is 26.7 Å². The molecule has 1 aromatic rings. The van der Waals surface area contributed by atoms with Gasteiger partial charge in [0, 0.05) is 10.2 Å². The number of amides is 1. The van der Waals surface area contributed by atoms with Crippen molar-refractivity contribution in [2.75, 3.05) is 18.5 Å². The van der Waals surface area contributed by atoms with Gasteiger partial charge in [0.15, 0.2) is 0 Å². The van der Waals surface area contributed by atoms with Crippen LogP contribution in [0.15, 0.2) is 28.7 Å². The third-order valence-electron chi connectivity index (χ3n) is 1.61. The number of halogens is 1. The molecule has 2 N–H and O–H groups in total. The Balaban J connectivity index is 2.34. The molecule has 4 nitrogen and oxygen atoms in total. The average molecular weight is 273 g/mol. The molecule has 0 fully saturated rings. The molecule has 82 valence electrons. The smallest absolute Gasteiger partial charge is 0.240 e. The molecule has 5 heteroatoms. The number of nitrogens with one attached hydrogen (secondary N) is 2. The van der Waals surface area contributed by atoms with Crippen LogP contribution in [0.2, 0.25) is 0 Å². The zero-order chi connectivity index (χ0) is 11.1. The van der Waals surface area contributed by atoms with Gasteiger partial charge in [-0.3, -0.25) is 4.79 Å². The fourth-order valence-electron chi connectivity index (χ4n) is 0.957. The van der Waals surface area contributed by atoms with Crippen LogP contribution in [0.4, 0.5) is 5.69 Å². The van der Waals surface area contributed by atoms with Gasteiger partial charge in [-0.05, 0) is 31.2 Å². The van der Waals surface area contributed by atoms with Gasteiger partial charge in [0.05, 0.1) is 6.61 Å². The van der Waals surface area contributed by atoms with Crippen LogP contribution in [-0.4, -0.2) is 19.1 Å². The van der Waals surface area contributed by atoms with Crippen LogP contribution >= 0.6 is 15.9 Å². The minimum Gasteiger partial charge on any atom is -0.325 e. The summed E-state index contributed by atoms with van der Waals surface area (Å²) in [5.41, 5.74) is 3.31. The van der Waals surface area contributed by atoms with Gasteiger partial charge in [-0.15, -0.1) is 0 Å². The maximum atomic E-state index is 11.3. The zero-order valence-corrected chi connectivity index (χ0v) is 10.0. The Kier molecular flexibility index (Phi) is 5.31. The van der Waals surface area contributed by atoms with E-state index in [4.69, 9.17) is 4.84 Å². The first-order valence-corrected chi connectivity index (χ1v) is 5.41. The second-order valence-electron chi connectivity index (χ2n) is 2.81. The molecule has 1 aromatic carbocycles. The predicted molar refractivity (Wildman–Crippen MR) is 62.4 cm³/mol. The van der Waals surface area contributed by atoms with Gasteiger partial charge in [0.25, 0.3) is 0 Å². The minimum atomic E-state index is -0.134. The zero-order valence-electron chi connectivity index (χ0n) is 8.42. The Bertz CT molecular complexity index is 314. The summed E-state index contributed by atoms with van der Waals surface area (Å²) in [6.07, 6.45) is 0. The molecule has 0 spiro atoms. The van der Waals surface area contributed by atoms with Crippen LogP contribution in [0.1, 0.15) is 6.92 Å². The van der Waals surface area contributed by atoms with E-state index in [0.29, 0.717) is 6.61 Å². The van der Waals surface area contributed by atoms with E-state index in [1.165, 1.54) is 0 Å². The third-order valence-corrected chi connectivity index (χ3v) is 2.14. The summed E-state index contributed by atoms with van der Waals surface area (Å²) >= 11 is 3.32. The van der Waals surface area contributed by atoms with E-state index in [0.717, 1.165) is 10.2 Å². The summed E-state index contributed by atoms with van der Waals surface area (Å²) in [4.78, 5) is 16.1. The highest BCUT2D eigenvalue weighted by Crippen LogP contribution is 2.13. The third kappa shape index (κ3) is 4.92. The molecule has 15 heavy (non-hydrogen) atoms. The van der Waals surface area contributed by atoms with Crippen molar-refractivity contribution in [2.24, 2.45) is 0 Å². The lowest BCUT2D eigenvalue weighted by Crippen LogP contribution is -2.28. The van der Waals surface area contributed by atoms with Crippen molar-refractivity contribution in [1.29, 1.82) is 0 Å². The fraction of sp³-hybridized carbons (Fsp3) is 0.300. The maximum Gasteiger partial charge on any atom is 0.240 e. The van der Waals surface area contributed by atoms with Crippen molar-refractivity contribution in [1.82, 2.24) is 5.48 Å². The van der Waals surface area contributed by atoms with Gasteiger partial charge < -0.3 is 10.2 Å². The molecule has 0 aliphatic carbocycles. The first kappa shape index (κ1) is 12.2. The summed E-state index contributed by atoms with van der Waals surface area (Å²) in [6, 6.07) is 7.38. The fourth-order valence-corrected chi connectivity index (χ4v) is 1.22. The Morgan fingerprint density at radius 1 is 1.40 bits per heavy atom. The normalized spacial score (nSPS) is 10.0. The lowest BCUT2D eigenvalue weighted by Gasteiger charge is -2.05. The molecule has 0 saturated carbocycles. The number of carbonyl (C=O) groups is 1. The molecule has 0 heterocycles. The molecule has 0 unspecified atom stereocenters. The van der Waals surface area contributed by atoms with E-state index in [1.54, 1.807) is 0 Å². The van der Waals surface area contributed by atoms with Gasteiger partial charge >= 0.3 is 0 Å². The molecule has 0 saturated heterocycles. The largest absolute Gasteiger partial charge is 0.325 e. The topological polar surface area (TPSA) is 50.4 Å². The van der Waals surface area contributed by atoms with Gasteiger partial charge in [0.1, 0.15) is 6.54 Å². The number of anilines is 1. The van der Waals surface area contributed by atoms with Crippen LogP contribution in [-0.2, 0) is 9.63 Å². The highest BCUT2D eigenvalue weighted by atomic mass is 79.9. The van der Waals surface area contributed by atoms with Crippen molar-refractivity contribution >= 4 is 27.5 Å². The second-order valence-corrected chi connectivity index (χ2v) is 3.72. The van der Waals surface area contributed by atoms with E-state index < -0.39 is 0 Å². The lowest BCUT2D eigenvalue weighted by atomic mass is 10.3. The number of rotatable bonds is 5. The van der Waals surface area contributed by atoms with Crippen molar-refractivity contribution in [3.63, 3.8) is 0 Å². The quantitative estimate of drug-likeness (QED) is 0.636. The lowest BCUT2D eigenvalue weighted by molar-refractivity contribution is -0.117. The highest BCUT2D eigenvalue weighted by molar-refractivity contribution is 9.10. The molecule has 0 aromatic heterocycles. The summed E-state index contributed by atoms with van der Waals surface area (Å²) in [5, 5.41) is 2.73. The first-order valence-electron chi connectivity index (χ1n) is 4.62. The van der Waals surface area contributed by atoms with Gasteiger partial charge in [-0.2, -0.15) is 5.48 Å². The number of hydrogen-bond donors (Lipinski definition) is 2. The first-order chi connectivity index (χ1) is 7.22. The summed E-state index contributed by atoms with van der Waals surface area (Å²) in [7, 11) is 0. The predicted octanol–water partition coefficient (Wildman–Crippen LogP) is 1.93. The molecule has 0 aliphatic heterocycles. The number of benzene rings is 1. The van der Waals surface area contributed by atoms with Crippen molar-refractivity contribution in [3.05, 3.63) is 28.7 Å². The van der Waals surface area contributed by atoms with E-state index in [9.17, 15) is 4.79 Å². The molecule has 0 radical (unpaired) electrons. The summed E-state index contributed by atoms with van der Waals surface area (Å²) in [6.45, 7) is 2.52. The molecule has 0 bridgehead atoms. The SMILES string of the molecule is CCONCC(=O)Nc1ccc(Br)cc1. The van der Waals surface area contributed by atoms with Gasteiger partial charge in [-0.1, -0.05) is 15.9 Å². The van der Waals surface area contributed by atoms with Crippen molar-refractivity contribution in [3.8, 4) is 0 Å². The highest BCUT2D eigenvalue weighted by Gasteiger charge is 2.00. The molecule has 1 amide bonds. The van der Waals surface area contributed by atoms with Crippen molar-refractivity contribution < 1.29 is 9.63 Å². The Morgan fingerprint density at radius 3 is 2.67 bits per heavy atom. The molecular formula is C10H13BrN2O2. The summed E-state index contributed by atoms with van der Waals surface area (Å²) in [5.74, 6) is -0.134. The van der Waals surface area contributed by atoms with Crippen LogP contribution < -0.4 is 10.8 Å². The Hall–Kier alpha value is -0.910. The van der Waals surface area contributed by atoms with Crippen molar-refractivity contribution in [2.45, 2.75) is 6.92 Å². The monoisotopic (exact) mass is 272 g/mol. The van der Waals surface area contributed by atoms with E-state index in [1.807, 2.05) is 31.2 Å². The molecule has 1 rings (SSSR count). The van der Waals surface area contributed by atoms with E-state index >= 15 is 0 Å². The second kappa shape index (κ2) is 6.55. The molecule has 0 atom stereocenters. The molecular weight excluding hydrogens is 260 g/mol.